The number of nitrogens with zero attached hydrogens (tertiary/aromatic N) is 3. The number of carbonyl (C=O) groups is 5. The van der Waals surface area contributed by atoms with Crippen LogP contribution in [0, 0.1) is 11.8 Å². The van der Waals surface area contributed by atoms with Crippen molar-refractivity contribution in [2.75, 3.05) is 27.7 Å². The zero-order valence-corrected chi connectivity index (χ0v) is 32.0. The van der Waals surface area contributed by atoms with Crippen LogP contribution in [0.2, 0.25) is 0 Å². The van der Waals surface area contributed by atoms with E-state index in [2.05, 4.69) is 25.8 Å². The molecule has 0 spiro atoms. The number of methoxy groups -OCH3 is 1. The number of nitrogens with one attached hydrogen (secondary N) is 3. The van der Waals surface area contributed by atoms with Gasteiger partial charge in [-0.15, -0.1) is 11.3 Å². The van der Waals surface area contributed by atoms with Crippen LogP contribution in [0.25, 0.3) is 0 Å². The van der Waals surface area contributed by atoms with Gasteiger partial charge in [0, 0.05) is 38.4 Å². The summed E-state index contributed by atoms with van der Waals surface area (Å²) in [5, 5.41) is 19.7. The summed E-state index contributed by atoms with van der Waals surface area (Å²) in [6.45, 7) is 10.2. The Morgan fingerprint density at radius 3 is 2.33 bits per heavy atom. The number of likely N-dealkylation sites (N-methyl/N-ethyl adjacent to an activating group) is 2. The lowest BCUT2D eigenvalue weighted by molar-refractivity contribution is -0.141. The number of aliphatic carboxylic acids is 1. The molecule has 282 valence electrons. The van der Waals surface area contributed by atoms with Crippen LogP contribution in [-0.4, -0.2) is 107 Å². The minimum atomic E-state index is -1.19. The predicted molar refractivity (Wildman–Crippen MR) is 196 cm³/mol. The molecule has 4 N–H and O–H groups in total. The van der Waals surface area contributed by atoms with Crippen LogP contribution in [0.1, 0.15) is 93.9 Å². The fraction of sp³-hybridized carbons (Fsp3) is 0.622. The Kier molecular flexibility index (Phi) is 16.0. The summed E-state index contributed by atoms with van der Waals surface area (Å²) in [4.78, 5) is 73.7. The van der Waals surface area contributed by atoms with E-state index in [1.54, 1.807) is 24.4 Å². The summed E-state index contributed by atoms with van der Waals surface area (Å²) in [5.74, 6) is -2.74. The van der Waals surface area contributed by atoms with Crippen molar-refractivity contribution in [3.8, 4) is 0 Å². The first-order valence-electron chi connectivity index (χ1n) is 17.8. The number of likely N-dealkylation sites (tertiary alicyclic amines) is 1. The second kappa shape index (κ2) is 19.7. The van der Waals surface area contributed by atoms with E-state index in [0.717, 1.165) is 31.4 Å². The summed E-state index contributed by atoms with van der Waals surface area (Å²) >= 11 is 1.24. The maximum atomic E-state index is 14.1. The number of carbonyl (C=O) groups excluding carboxylic acids is 4. The third kappa shape index (κ3) is 11.6. The molecular formula is C37H56N6O7S. The molecule has 0 radical (unpaired) electrons. The van der Waals surface area contributed by atoms with E-state index in [4.69, 9.17) is 4.74 Å². The van der Waals surface area contributed by atoms with Crippen molar-refractivity contribution in [3.63, 3.8) is 0 Å². The van der Waals surface area contributed by atoms with Gasteiger partial charge in [-0.2, -0.15) is 0 Å². The smallest absolute Gasteiger partial charge is 0.325 e. The highest BCUT2D eigenvalue weighted by Crippen LogP contribution is 2.30. The van der Waals surface area contributed by atoms with Crippen molar-refractivity contribution < 1.29 is 33.8 Å². The molecule has 3 rings (SSSR count). The Balaban J connectivity index is 1.76. The second-order valence-corrected chi connectivity index (χ2v) is 14.8. The molecule has 51 heavy (non-hydrogen) atoms. The van der Waals surface area contributed by atoms with Crippen molar-refractivity contribution in [1.29, 1.82) is 0 Å². The minimum absolute atomic E-state index is 0.0301. The van der Waals surface area contributed by atoms with Crippen molar-refractivity contribution >= 4 is 40.9 Å². The maximum absolute atomic E-state index is 14.1. The number of carboxylic acids is 1. The van der Waals surface area contributed by atoms with Gasteiger partial charge in [-0.3, -0.25) is 28.9 Å². The molecule has 1 aliphatic heterocycles. The molecule has 1 aromatic carbocycles. The van der Waals surface area contributed by atoms with Crippen molar-refractivity contribution in [1.82, 2.24) is 30.7 Å². The van der Waals surface area contributed by atoms with Crippen LogP contribution < -0.4 is 16.0 Å². The normalized spacial score (nSPS) is 18.5. The maximum Gasteiger partial charge on any atom is 0.325 e. The van der Waals surface area contributed by atoms with Gasteiger partial charge in [-0.1, -0.05) is 70.9 Å². The van der Waals surface area contributed by atoms with Crippen LogP contribution in [-0.2, 0) is 30.3 Å². The van der Waals surface area contributed by atoms with Crippen LogP contribution >= 0.6 is 11.3 Å². The second-order valence-electron chi connectivity index (χ2n) is 13.9. The molecule has 1 aliphatic rings. The first-order chi connectivity index (χ1) is 24.2. The van der Waals surface area contributed by atoms with Gasteiger partial charge in [0.05, 0.1) is 6.04 Å². The Morgan fingerprint density at radius 1 is 1.06 bits per heavy atom. The largest absolute Gasteiger partial charge is 0.480 e. The standard InChI is InChI=1S/C37H56N6O7S/c1-9-23(4)31(41-34(46)28-17-13-14-18-42(28)6)36(47)43(7)29(22(2)3)20-30(50-8)35-40-27(21-51-35)33(45)39-26(19-25-15-11-10-12-16-25)32(44)38-24(5)37(48)49/h10-12,15-16,21-24,26,28-31H,9,13-14,17-20H2,1-8H3,(H,38,44)(H,39,45)(H,41,46)(H,48,49)/t23-,24-,26-,28+,29+,30+,31-/m0/s1. The Bertz CT molecular complexity index is 1470. The van der Waals surface area contributed by atoms with Crippen molar-refractivity contribution in [3.05, 3.63) is 52.0 Å². The number of piperidine rings is 1. The third-order valence-electron chi connectivity index (χ3n) is 9.87. The quantitative estimate of drug-likeness (QED) is 0.179. The number of benzene rings is 1. The number of carboxylic acid groups (broad SMARTS) is 1. The average molecular weight is 729 g/mol. The highest BCUT2D eigenvalue weighted by Gasteiger charge is 2.37. The van der Waals surface area contributed by atoms with Gasteiger partial charge >= 0.3 is 5.97 Å². The number of amides is 4. The lowest BCUT2D eigenvalue weighted by atomic mass is 9.92. The third-order valence-corrected chi connectivity index (χ3v) is 10.8. The monoisotopic (exact) mass is 728 g/mol. The highest BCUT2D eigenvalue weighted by molar-refractivity contribution is 7.09. The molecule has 1 aromatic heterocycles. The van der Waals surface area contributed by atoms with Gasteiger partial charge in [0.2, 0.25) is 17.7 Å². The van der Waals surface area contributed by atoms with Crippen LogP contribution in [0.15, 0.2) is 35.7 Å². The number of hydrogen-bond donors (Lipinski definition) is 4. The molecule has 2 heterocycles. The summed E-state index contributed by atoms with van der Waals surface area (Å²) in [5.41, 5.74) is 0.876. The van der Waals surface area contributed by atoms with E-state index in [0.29, 0.717) is 17.8 Å². The first kappa shape index (κ1) is 41.5. The first-order valence-corrected chi connectivity index (χ1v) is 18.7. The van der Waals surface area contributed by atoms with Crippen LogP contribution in [0.3, 0.4) is 0 Å². The minimum Gasteiger partial charge on any atom is -0.480 e. The molecule has 1 fully saturated rings. The van der Waals surface area contributed by atoms with Crippen molar-refractivity contribution in [2.45, 2.75) is 109 Å². The molecule has 2 aromatic rings. The molecule has 0 unspecified atom stereocenters. The molecular weight excluding hydrogens is 673 g/mol. The van der Waals surface area contributed by atoms with Gasteiger partial charge < -0.3 is 30.7 Å². The van der Waals surface area contributed by atoms with E-state index in [1.165, 1.54) is 18.3 Å². The van der Waals surface area contributed by atoms with Crippen molar-refractivity contribution in [2.24, 2.45) is 11.8 Å². The number of hydrogen-bond acceptors (Lipinski definition) is 9. The zero-order valence-electron chi connectivity index (χ0n) is 31.2. The fourth-order valence-corrected chi connectivity index (χ4v) is 7.21. The molecule has 13 nitrogen and oxygen atoms in total. The van der Waals surface area contributed by atoms with E-state index in [1.807, 2.05) is 65.1 Å². The number of rotatable bonds is 18. The molecule has 0 aliphatic carbocycles. The summed E-state index contributed by atoms with van der Waals surface area (Å²) in [6, 6.07) is 5.70. The predicted octanol–water partition coefficient (Wildman–Crippen LogP) is 3.65. The number of ether oxygens (including phenoxy) is 1. The zero-order chi connectivity index (χ0) is 37.8. The van der Waals surface area contributed by atoms with Crippen LogP contribution in [0.5, 0.6) is 0 Å². The lowest BCUT2D eigenvalue weighted by Gasteiger charge is -2.38. The Labute approximate surface area is 305 Å². The molecule has 0 bridgehead atoms. The Hall–Kier alpha value is -3.88. The fourth-order valence-electron chi connectivity index (χ4n) is 6.32. The van der Waals surface area contributed by atoms with Gasteiger partial charge in [0.15, 0.2) is 0 Å². The average Bonchev–Trinajstić information content (AvgIpc) is 3.60. The molecule has 0 saturated carbocycles. The molecule has 7 atom stereocenters. The summed E-state index contributed by atoms with van der Waals surface area (Å²) in [6.07, 6.45) is 3.51. The van der Waals surface area contributed by atoms with Gasteiger partial charge in [0.25, 0.3) is 5.91 Å². The number of thiazole rings is 1. The van der Waals surface area contributed by atoms with Crippen LogP contribution in [0.4, 0.5) is 0 Å². The summed E-state index contributed by atoms with van der Waals surface area (Å²) < 4.78 is 5.87. The molecule has 1 saturated heterocycles. The molecule has 14 heteroatoms. The van der Waals surface area contributed by atoms with E-state index in [9.17, 15) is 29.1 Å². The molecule has 4 amide bonds. The highest BCUT2D eigenvalue weighted by atomic mass is 32.1. The lowest BCUT2D eigenvalue weighted by Crippen LogP contribution is -2.58. The van der Waals surface area contributed by atoms with E-state index in [-0.39, 0.29) is 47.8 Å². The van der Waals surface area contributed by atoms with E-state index >= 15 is 0 Å². The summed E-state index contributed by atoms with van der Waals surface area (Å²) in [7, 11) is 5.27. The Morgan fingerprint density at radius 2 is 1.75 bits per heavy atom. The van der Waals surface area contributed by atoms with Gasteiger partial charge in [-0.05, 0) is 50.8 Å². The number of aromatic nitrogens is 1. The van der Waals surface area contributed by atoms with E-state index < -0.39 is 42.0 Å². The topological polar surface area (TPSA) is 170 Å². The van der Waals surface area contributed by atoms with Gasteiger partial charge in [-0.25, -0.2) is 4.98 Å². The SMILES string of the molecule is CC[C@H](C)[C@H](NC(=O)[C@H]1CCCCN1C)C(=O)N(C)[C@H](C[C@@H](OC)c1nc(C(=O)N[C@@H](Cc2ccccc2)C(=O)N[C@@H](C)C(=O)O)cs1)C(C)C. The van der Waals surface area contributed by atoms with Gasteiger partial charge in [0.1, 0.15) is 34.9 Å².